The van der Waals surface area contributed by atoms with Gasteiger partial charge in [0, 0.05) is 16.2 Å². The Morgan fingerprint density at radius 2 is 1.71 bits per heavy atom. The maximum atomic E-state index is 12.5. The van der Waals surface area contributed by atoms with Crippen molar-refractivity contribution in [3.05, 3.63) is 64.6 Å². The molecule has 0 radical (unpaired) electrons. The molecule has 1 saturated carbocycles. The number of halogens is 1. The predicted molar refractivity (Wildman–Crippen MR) is 88.1 cm³/mol. The van der Waals surface area contributed by atoms with Gasteiger partial charge in [0.1, 0.15) is 6.04 Å². The molecule has 0 spiro atoms. The summed E-state index contributed by atoms with van der Waals surface area (Å²) >= 11 is 3.42. The molecule has 0 saturated heterocycles. The van der Waals surface area contributed by atoms with Crippen LogP contribution in [0.3, 0.4) is 0 Å². The van der Waals surface area contributed by atoms with Crippen LogP contribution in [0.2, 0.25) is 0 Å². The lowest BCUT2D eigenvalue weighted by molar-refractivity contribution is -0.122. The Morgan fingerprint density at radius 3 is 2.33 bits per heavy atom. The van der Waals surface area contributed by atoms with Crippen molar-refractivity contribution in [2.75, 3.05) is 5.32 Å². The highest BCUT2D eigenvalue weighted by Gasteiger charge is 2.28. The zero-order valence-electron chi connectivity index (χ0n) is 11.6. The summed E-state index contributed by atoms with van der Waals surface area (Å²) in [4.78, 5) is 12.5. The van der Waals surface area contributed by atoms with Crippen LogP contribution in [0.15, 0.2) is 59.1 Å². The highest BCUT2D eigenvalue weighted by atomic mass is 79.9. The van der Waals surface area contributed by atoms with E-state index in [9.17, 15) is 4.79 Å². The van der Waals surface area contributed by atoms with Crippen LogP contribution in [0.5, 0.6) is 0 Å². The highest BCUT2D eigenvalue weighted by Crippen LogP contribution is 2.24. The first kappa shape index (κ1) is 14.1. The third-order valence-corrected chi connectivity index (χ3v) is 4.00. The Labute approximate surface area is 132 Å². The van der Waals surface area contributed by atoms with Gasteiger partial charge in [-0.3, -0.25) is 4.79 Å². The predicted octanol–water partition coefficient (Wildman–Crippen LogP) is 3.88. The second-order valence-corrected chi connectivity index (χ2v) is 6.19. The van der Waals surface area contributed by atoms with E-state index in [1.54, 1.807) is 0 Å². The number of nitrogens with one attached hydrogen (secondary N) is 2. The molecule has 1 fully saturated rings. The van der Waals surface area contributed by atoms with E-state index in [0.717, 1.165) is 28.6 Å². The van der Waals surface area contributed by atoms with Gasteiger partial charge in [-0.1, -0.05) is 46.3 Å². The topological polar surface area (TPSA) is 41.1 Å². The summed E-state index contributed by atoms with van der Waals surface area (Å²) in [5.74, 6) is 0.0339. The van der Waals surface area contributed by atoms with E-state index < -0.39 is 0 Å². The molecule has 1 aliphatic carbocycles. The van der Waals surface area contributed by atoms with E-state index in [-0.39, 0.29) is 11.9 Å². The van der Waals surface area contributed by atoms with Crippen molar-refractivity contribution < 1.29 is 4.79 Å². The fourth-order valence-electron chi connectivity index (χ4n) is 2.17. The molecule has 21 heavy (non-hydrogen) atoms. The molecule has 3 rings (SSSR count). The van der Waals surface area contributed by atoms with Crippen LogP contribution in [0.4, 0.5) is 5.69 Å². The molecule has 0 heterocycles. The molecule has 4 heteroatoms. The molecule has 0 aliphatic heterocycles. The monoisotopic (exact) mass is 344 g/mol. The number of hydrogen-bond donors (Lipinski definition) is 2. The second-order valence-electron chi connectivity index (χ2n) is 5.28. The number of anilines is 1. The lowest BCUT2D eigenvalue weighted by Crippen LogP contribution is -2.34. The van der Waals surface area contributed by atoms with Crippen molar-refractivity contribution in [3.8, 4) is 0 Å². The van der Waals surface area contributed by atoms with Gasteiger partial charge < -0.3 is 10.6 Å². The summed E-state index contributed by atoms with van der Waals surface area (Å²) in [5.41, 5.74) is 1.90. The Kier molecular flexibility index (Phi) is 4.25. The van der Waals surface area contributed by atoms with Crippen LogP contribution in [-0.4, -0.2) is 11.9 Å². The molecule has 1 aliphatic rings. The van der Waals surface area contributed by atoms with Crippen molar-refractivity contribution in [3.63, 3.8) is 0 Å². The number of hydrogen-bond acceptors (Lipinski definition) is 2. The van der Waals surface area contributed by atoms with Crippen molar-refractivity contribution in [2.24, 2.45) is 0 Å². The first-order chi connectivity index (χ1) is 10.2. The van der Waals surface area contributed by atoms with Gasteiger partial charge in [-0.15, -0.1) is 0 Å². The summed E-state index contributed by atoms with van der Waals surface area (Å²) in [6.45, 7) is 0. The van der Waals surface area contributed by atoms with Gasteiger partial charge in [0.05, 0.1) is 0 Å². The Hall–Kier alpha value is -1.81. The molecule has 2 N–H and O–H groups in total. The summed E-state index contributed by atoms with van der Waals surface area (Å²) in [6.07, 6.45) is 2.18. The largest absolute Gasteiger partial charge is 0.370 e. The summed E-state index contributed by atoms with van der Waals surface area (Å²) in [7, 11) is 0. The van der Waals surface area contributed by atoms with Crippen molar-refractivity contribution in [1.82, 2.24) is 5.32 Å². The first-order valence-corrected chi connectivity index (χ1v) is 7.89. The molecule has 3 nitrogen and oxygen atoms in total. The smallest absolute Gasteiger partial charge is 0.247 e. The Bertz CT molecular complexity index is 608. The number of carbonyl (C=O) groups excluding carboxylic acids is 1. The lowest BCUT2D eigenvalue weighted by atomic mass is 10.1. The summed E-state index contributed by atoms with van der Waals surface area (Å²) in [5, 5.41) is 6.40. The number of rotatable bonds is 5. The van der Waals surface area contributed by atoms with Crippen LogP contribution >= 0.6 is 15.9 Å². The molecule has 0 bridgehead atoms. The van der Waals surface area contributed by atoms with Crippen molar-refractivity contribution in [1.29, 1.82) is 0 Å². The highest BCUT2D eigenvalue weighted by molar-refractivity contribution is 9.10. The quantitative estimate of drug-likeness (QED) is 0.864. The normalized spacial score (nSPS) is 15.3. The summed E-state index contributed by atoms with van der Waals surface area (Å²) < 4.78 is 1.02. The van der Waals surface area contributed by atoms with E-state index in [1.165, 1.54) is 0 Å². The van der Waals surface area contributed by atoms with Crippen molar-refractivity contribution in [2.45, 2.75) is 24.9 Å². The van der Waals surface area contributed by atoms with E-state index >= 15 is 0 Å². The molecule has 1 amide bonds. The zero-order valence-corrected chi connectivity index (χ0v) is 13.1. The van der Waals surface area contributed by atoms with Gasteiger partial charge in [0.15, 0.2) is 0 Å². The minimum Gasteiger partial charge on any atom is -0.370 e. The fraction of sp³-hybridized carbons (Fsp3) is 0.235. The van der Waals surface area contributed by atoms with E-state index in [1.807, 2.05) is 54.6 Å². The maximum Gasteiger partial charge on any atom is 0.247 e. The fourth-order valence-corrected chi connectivity index (χ4v) is 2.44. The van der Waals surface area contributed by atoms with Crippen LogP contribution in [0.1, 0.15) is 24.4 Å². The Morgan fingerprint density at radius 1 is 1.05 bits per heavy atom. The molecule has 2 aromatic rings. The lowest BCUT2D eigenvalue weighted by Gasteiger charge is -2.20. The van der Waals surface area contributed by atoms with Gasteiger partial charge in [-0.2, -0.15) is 0 Å². The van der Waals surface area contributed by atoms with Gasteiger partial charge in [-0.25, -0.2) is 0 Å². The Balaban J connectivity index is 1.80. The molecular formula is C17H17BrN2O. The standard InChI is InChI=1S/C17H17BrN2O/c18-13-6-8-14(9-7-13)19-16(12-4-2-1-3-5-12)17(21)20-15-10-11-15/h1-9,15-16,19H,10-11H2,(H,20,21). The van der Waals surface area contributed by atoms with E-state index in [0.29, 0.717) is 6.04 Å². The molecule has 1 atom stereocenters. The van der Waals surface area contributed by atoms with Gasteiger partial charge in [-0.05, 0) is 42.7 Å². The zero-order chi connectivity index (χ0) is 14.7. The average Bonchev–Trinajstić information content (AvgIpc) is 3.31. The molecule has 1 unspecified atom stereocenters. The van der Waals surface area contributed by atoms with Gasteiger partial charge in [0.2, 0.25) is 5.91 Å². The SMILES string of the molecule is O=C(NC1CC1)C(Nc1ccc(Br)cc1)c1ccccc1. The number of carbonyl (C=O) groups is 1. The third kappa shape index (κ3) is 3.85. The van der Waals surface area contributed by atoms with Crippen molar-refractivity contribution >= 4 is 27.5 Å². The number of amides is 1. The molecule has 0 aromatic heterocycles. The van der Waals surface area contributed by atoms with Gasteiger partial charge >= 0.3 is 0 Å². The molecular weight excluding hydrogens is 328 g/mol. The number of benzene rings is 2. The van der Waals surface area contributed by atoms with Crippen LogP contribution in [0.25, 0.3) is 0 Å². The second kappa shape index (κ2) is 6.31. The van der Waals surface area contributed by atoms with E-state index in [2.05, 4.69) is 26.6 Å². The minimum absolute atomic E-state index is 0.0339. The molecule has 2 aromatic carbocycles. The van der Waals surface area contributed by atoms with E-state index in [4.69, 9.17) is 0 Å². The minimum atomic E-state index is -0.368. The van der Waals surface area contributed by atoms with Crippen LogP contribution in [0, 0.1) is 0 Å². The average molecular weight is 345 g/mol. The first-order valence-electron chi connectivity index (χ1n) is 7.10. The summed E-state index contributed by atoms with van der Waals surface area (Å²) in [6, 6.07) is 17.7. The molecule has 108 valence electrons. The van der Waals surface area contributed by atoms with Crippen LogP contribution < -0.4 is 10.6 Å². The third-order valence-electron chi connectivity index (χ3n) is 3.47. The van der Waals surface area contributed by atoms with Gasteiger partial charge in [0.25, 0.3) is 0 Å². The maximum absolute atomic E-state index is 12.5. The van der Waals surface area contributed by atoms with Crippen LogP contribution in [-0.2, 0) is 4.79 Å².